The molecule has 1 aliphatic carbocycles. The number of benzene rings is 1. The van der Waals surface area contributed by atoms with E-state index in [-0.39, 0.29) is 40.8 Å². The molecular weight excluding hydrogens is 419 g/mol. The minimum absolute atomic E-state index is 0.0725. The Labute approximate surface area is 188 Å². The molecule has 1 amide bonds. The molecule has 0 saturated heterocycles. The van der Waals surface area contributed by atoms with Crippen LogP contribution in [0.15, 0.2) is 35.6 Å². The number of Topliss-reactive ketones (excluding diaryl/α,β-unsaturated/α-hetero) is 1. The van der Waals surface area contributed by atoms with Crippen LogP contribution in [0, 0.1) is 17.7 Å². The zero-order valence-corrected chi connectivity index (χ0v) is 19.1. The number of likely N-dealkylation sites (N-methyl/N-ethyl adjacent to an activating group) is 1. The van der Waals surface area contributed by atoms with Crippen molar-refractivity contribution in [1.82, 2.24) is 9.80 Å². The smallest absolute Gasteiger partial charge is 0.290 e. The van der Waals surface area contributed by atoms with Gasteiger partial charge in [0.25, 0.3) is 5.91 Å². The summed E-state index contributed by atoms with van der Waals surface area (Å²) in [5, 5.41) is -0.0977. The summed E-state index contributed by atoms with van der Waals surface area (Å²) in [6.45, 7) is 9.04. The van der Waals surface area contributed by atoms with Crippen molar-refractivity contribution in [3.63, 3.8) is 0 Å². The fraction of sp³-hybridized carbons (Fsp3) is 0.583. The van der Waals surface area contributed by atoms with Crippen LogP contribution >= 0.6 is 11.6 Å². The second kappa shape index (κ2) is 8.91. The number of carbonyl (C=O) groups excluding carboxylic acids is 2. The molecule has 2 aliphatic heterocycles. The van der Waals surface area contributed by atoms with Crippen LogP contribution in [0.3, 0.4) is 0 Å². The number of hydrogen-bond acceptors (Lipinski definition) is 4. The first kappa shape index (κ1) is 22.3. The number of rotatable bonds is 6. The van der Waals surface area contributed by atoms with Crippen LogP contribution in [-0.4, -0.2) is 59.2 Å². The van der Waals surface area contributed by atoms with Crippen LogP contribution in [0.25, 0.3) is 0 Å². The molecule has 0 aromatic heterocycles. The maximum absolute atomic E-state index is 14.1. The van der Waals surface area contributed by atoms with E-state index in [1.807, 2.05) is 6.92 Å². The van der Waals surface area contributed by atoms with E-state index < -0.39 is 11.9 Å². The van der Waals surface area contributed by atoms with Gasteiger partial charge in [-0.2, -0.15) is 0 Å². The van der Waals surface area contributed by atoms with E-state index in [1.165, 1.54) is 12.1 Å². The quantitative estimate of drug-likeness (QED) is 0.619. The average molecular weight is 449 g/mol. The van der Waals surface area contributed by atoms with Crippen molar-refractivity contribution in [3.05, 3.63) is 47.0 Å². The minimum atomic E-state index is -0.629. The maximum atomic E-state index is 14.1. The zero-order chi connectivity index (χ0) is 22.3. The fourth-order valence-corrected chi connectivity index (χ4v) is 5.40. The SMILES string of the molecule is CCN(CC)CCN1C(=O)C2=C(C(=O)C3CC(Cl)C(C)CC3O2)C1c1cccc(F)c1. The largest absolute Gasteiger partial charge is 0.483 e. The summed E-state index contributed by atoms with van der Waals surface area (Å²) in [4.78, 5) is 30.9. The van der Waals surface area contributed by atoms with E-state index in [1.54, 1.807) is 17.0 Å². The van der Waals surface area contributed by atoms with E-state index in [2.05, 4.69) is 18.7 Å². The lowest BCUT2D eigenvalue weighted by molar-refractivity contribution is -0.136. The Morgan fingerprint density at radius 3 is 2.65 bits per heavy atom. The molecular formula is C24H30ClFN2O3. The van der Waals surface area contributed by atoms with Crippen molar-refractivity contribution < 1.29 is 18.7 Å². The van der Waals surface area contributed by atoms with Gasteiger partial charge in [-0.15, -0.1) is 11.6 Å². The summed E-state index contributed by atoms with van der Waals surface area (Å²) in [6, 6.07) is 5.53. The van der Waals surface area contributed by atoms with Gasteiger partial charge in [0.05, 0.1) is 17.5 Å². The number of hydrogen-bond donors (Lipinski definition) is 0. The number of fused-ring (bicyclic) bond motifs is 1. The molecule has 1 aromatic rings. The van der Waals surface area contributed by atoms with Crippen molar-refractivity contribution >= 4 is 23.3 Å². The Kier molecular flexibility index (Phi) is 6.40. The Morgan fingerprint density at radius 2 is 1.97 bits per heavy atom. The number of ketones is 1. The normalized spacial score (nSPS) is 30.5. The topological polar surface area (TPSA) is 49.9 Å². The highest BCUT2D eigenvalue weighted by molar-refractivity contribution is 6.21. The molecule has 5 nitrogen and oxygen atoms in total. The molecule has 7 heteroatoms. The van der Waals surface area contributed by atoms with E-state index in [9.17, 15) is 14.0 Å². The standard InChI is InChI=1S/C24H30ClFN2O3/c1-4-27(5-2)9-10-28-21(15-7-6-8-16(26)12-15)20-22(29)17-13-18(25)14(3)11-19(17)31-23(20)24(28)30/h6-8,12,14,17-19,21H,4-5,9-11,13H2,1-3H3. The van der Waals surface area contributed by atoms with Crippen molar-refractivity contribution in [1.29, 1.82) is 0 Å². The third kappa shape index (κ3) is 4.00. The van der Waals surface area contributed by atoms with Crippen molar-refractivity contribution in [2.45, 2.75) is 51.1 Å². The molecule has 5 atom stereocenters. The number of halogens is 2. The molecule has 168 valence electrons. The predicted octanol–water partition coefficient (Wildman–Crippen LogP) is 3.93. The van der Waals surface area contributed by atoms with Crippen LogP contribution in [-0.2, 0) is 14.3 Å². The first-order valence-electron chi connectivity index (χ1n) is 11.2. The highest BCUT2D eigenvalue weighted by atomic mass is 35.5. The molecule has 2 heterocycles. The number of amides is 1. The molecule has 0 spiro atoms. The Bertz CT molecular complexity index is 901. The third-order valence-corrected chi connectivity index (χ3v) is 7.63. The van der Waals surface area contributed by atoms with Crippen molar-refractivity contribution in [2.75, 3.05) is 26.2 Å². The lowest BCUT2D eigenvalue weighted by Gasteiger charge is -2.40. The summed E-state index contributed by atoms with van der Waals surface area (Å²) in [5.41, 5.74) is 0.967. The molecule has 5 unspecified atom stereocenters. The first-order chi connectivity index (χ1) is 14.8. The van der Waals surface area contributed by atoms with Crippen LogP contribution < -0.4 is 0 Å². The Balaban J connectivity index is 1.72. The number of ether oxygens (including phenoxy) is 1. The van der Waals surface area contributed by atoms with Gasteiger partial charge in [0, 0.05) is 18.5 Å². The summed E-state index contributed by atoms with van der Waals surface area (Å²) >= 11 is 6.49. The fourth-order valence-electron chi connectivity index (χ4n) is 5.11. The molecule has 1 aromatic carbocycles. The first-order valence-corrected chi connectivity index (χ1v) is 11.7. The van der Waals surface area contributed by atoms with E-state index in [4.69, 9.17) is 16.3 Å². The van der Waals surface area contributed by atoms with Gasteiger partial charge in [0.1, 0.15) is 11.9 Å². The van der Waals surface area contributed by atoms with Gasteiger partial charge in [-0.05, 0) is 49.5 Å². The summed E-state index contributed by atoms with van der Waals surface area (Å²) in [6.07, 6.45) is 0.863. The van der Waals surface area contributed by atoms with E-state index in [0.29, 0.717) is 37.1 Å². The van der Waals surface area contributed by atoms with Gasteiger partial charge < -0.3 is 14.5 Å². The minimum Gasteiger partial charge on any atom is -0.483 e. The Morgan fingerprint density at radius 1 is 1.23 bits per heavy atom. The molecule has 1 saturated carbocycles. The second-order valence-electron chi connectivity index (χ2n) is 8.82. The number of carbonyl (C=O) groups is 2. The summed E-state index contributed by atoms with van der Waals surface area (Å²) < 4.78 is 20.3. The van der Waals surface area contributed by atoms with Gasteiger partial charge in [0.2, 0.25) is 0 Å². The molecule has 1 fully saturated rings. The summed E-state index contributed by atoms with van der Waals surface area (Å²) in [5.74, 6) is -0.728. The second-order valence-corrected chi connectivity index (χ2v) is 9.38. The van der Waals surface area contributed by atoms with Crippen molar-refractivity contribution in [2.24, 2.45) is 11.8 Å². The lowest BCUT2D eigenvalue weighted by atomic mass is 9.74. The molecule has 0 radical (unpaired) electrons. The van der Waals surface area contributed by atoms with Crippen molar-refractivity contribution in [3.8, 4) is 0 Å². The van der Waals surface area contributed by atoms with Gasteiger partial charge in [0.15, 0.2) is 11.5 Å². The van der Waals surface area contributed by atoms with Gasteiger partial charge in [-0.25, -0.2) is 4.39 Å². The van der Waals surface area contributed by atoms with Gasteiger partial charge in [-0.3, -0.25) is 9.59 Å². The monoisotopic (exact) mass is 448 g/mol. The zero-order valence-electron chi connectivity index (χ0n) is 18.3. The number of nitrogens with zero attached hydrogens (tertiary/aromatic N) is 2. The molecule has 31 heavy (non-hydrogen) atoms. The Hall–Kier alpha value is -1.92. The average Bonchev–Trinajstić information content (AvgIpc) is 3.03. The summed E-state index contributed by atoms with van der Waals surface area (Å²) in [7, 11) is 0. The molecule has 0 N–H and O–H groups in total. The van der Waals surface area contributed by atoms with Gasteiger partial charge in [-0.1, -0.05) is 32.9 Å². The van der Waals surface area contributed by atoms with Gasteiger partial charge >= 0.3 is 0 Å². The van der Waals surface area contributed by atoms with Crippen LogP contribution in [0.1, 0.15) is 45.2 Å². The predicted molar refractivity (Wildman–Crippen MR) is 117 cm³/mol. The lowest BCUT2D eigenvalue weighted by Crippen LogP contribution is -2.44. The third-order valence-electron chi connectivity index (χ3n) is 7.02. The molecule has 4 rings (SSSR count). The highest BCUT2D eigenvalue weighted by Crippen LogP contribution is 2.48. The van der Waals surface area contributed by atoms with E-state index in [0.717, 1.165) is 13.1 Å². The van der Waals surface area contributed by atoms with E-state index >= 15 is 0 Å². The van der Waals surface area contributed by atoms with Crippen LogP contribution in [0.2, 0.25) is 0 Å². The highest BCUT2D eigenvalue weighted by Gasteiger charge is 2.53. The number of alkyl halides is 1. The van der Waals surface area contributed by atoms with Crippen LogP contribution in [0.5, 0.6) is 0 Å². The molecule has 3 aliphatic rings. The maximum Gasteiger partial charge on any atom is 0.290 e. The molecule has 0 bridgehead atoms. The van der Waals surface area contributed by atoms with Crippen LogP contribution in [0.4, 0.5) is 4.39 Å².